The number of ether oxygens (including phenoxy) is 1. The smallest absolute Gasteiger partial charge is 0.123 e. The molecule has 0 atom stereocenters. The van der Waals surface area contributed by atoms with Crippen LogP contribution in [0.25, 0.3) is 0 Å². The van der Waals surface area contributed by atoms with E-state index in [0.29, 0.717) is 18.1 Å². The lowest BCUT2D eigenvalue weighted by Gasteiger charge is -2.09. The zero-order valence-electron chi connectivity index (χ0n) is 9.56. The maximum absolute atomic E-state index is 5.81. The van der Waals surface area contributed by atoms with Crippen molar-refractivity contribution in [1.29, 1.82) is 0 Å². The first-order valence-electron chi connectivity index (χ1n) is 5.26. The second-order valence-corrected chi connectivity index (χ2v) is 4.14. The number of benzene rings is 1. The summed E-state index contributed by atoms with van der Waals surface area (Å²) in [7, 11) is 1.64. The number of aromatic nitrogens is 2. The van der Waals surface area contributed by atoms with Crippen molar-refractivity contribution in [2.75, 3.05) is 7.11 Å². The SMILES string of the molecule is COc1cc(Cn2cc(Cl)cn2)ccc1CN. The number of rotatable bonds is 4. The highest BCUT2D eigenvalue weighted by molar-refractivity contribution is 6.30. The minimum absolute atomic E-state index is 0.469. The molecule has 0 unspecified atom stereocenters. The van der Waals surface area contributed by atoms with Gasteiger partial charge in [-0.15, -0.1) is 0 Å². The van der Waals surface area contributed by atoms with Gasteiger partial charge in [0.15, 0.2) is 0 Å². The summed E-state index contributed by atoms with van der Waals surface area (Å²) in [4.78, 5) is 0. The van der Waals surface area contributed by atoms with Gasteiger partial charge in [0, 0.05) is 18.3 Å². The second-order valence-electron chi connectivity index (χ2n) is 3.71. The Morgan fingerprint density at radius 2 is 2.29 bits per heavy atom. The Balaban J connectivity index is 2.22. The van der Waals surface area contributed by atoms with Gasteiger partial charge in [-0.3, -0.25) is 4.68 Å². The monoisotopic (exact) mass is 251 g/mol. The molecule has 0 spiro atoms. The van der Waals surface area contributed by atoms with E-state index in [4.69, 9.17) is 22.1 Å². The number of nitrogens with zero attached hydrogens (tertiary/aromatic N) is 2. The lowest BCUT2D eigenvalue weighted by Crippen LogP contribution is -2.03. The molecule has 90 valence electrons. The Kier molecular flexibility index (Phi) is 3.66. The molecule has 1 aromatic heterocycles. The molecule has 17 heavy (non-hydrogen) atoms. The number of nitrogens with two attached hydrogens (primary N) is 1. The van der Waals surface area contributed by atoms with Crippen molar-refractivity contribution in [2.24, 2.45) is 5.73 Å². The van der Waals surface area contributed by atoms with Gasteiger partial charge in [-0.1, -0.05) is 23.7 Å². The number of methoxy groups -OCH3 is 1. The van der Waals surface area contributed by atoms with E-state index in [2.05, 4.69) is 5.10 Å². The highest BCUT2D eigenvalue weighted by Crippen LogP contribution is 2.20. The van der Waals surface area contributed by atoms with Gasteiger partial charge in [-0.05, 0) is 11.6 Å². The van der Waals surface area contributed by atoms with Crippen LogP contribution in [0.15, 0.2) is 30.6 Å². The average Bonchev–Trinajstić information content (AvgIpc) is 2.74. The molecule has 0 fully saturated rings. The van der Waals surface area contributed by atoms with Crippen LogP contribution in [0.2, 0.25) is 5.02 Å². The molecule has 0 saturated heterocycles. The van der Waals surface area contributed by atoms with E-state index in [0.717, 1.165) is 16.9 Å². The lowest BCUT2D eigenvalue weighted by molar-refractivity contribution is 0.409. The summed E-state index contributed by atoms with van der Waals surface area (Å²) in [6.07, 6.45) is 3.40. The van der Waals surface area contributed by atoms with E-state index in [1.807, 2.05) is 18.2 Å². The number of hydrogen-bond acceptors (Lipinski definition) is 3. The Morgan fingerprint density at radius 1 is 1.47 bits per heavy atom. The molecule has 0 amide bonds. The molecule has 0 saturated carbocycles. The minimum Gasteiger partial charge on any atom is -0.496 e. The largest absolute Gasteiger partial charge is 0.496 e. The molecule has 2 rings (SSSR count). The zero-order chi connectivity index (χ0) is 12.3. The van der Waals surface area contributed by atoms with Gasteiger partial charge >= 0.3 is 0 Å². The fourth-order valence-corrected chi connectivity index (χ4v) is 1.82. The standard InChI is InChI=1S/C12H14ClN3O/c1-17-12-4-9(2-3-10(12)5-14)7-16-8-11(13)6-15-16/h2-4,6,8H,5,7,14H2,1H3. The third-order valence-electron chi connectivity index (χ3n) is 2.52. The van der Waals surface area contributed by atoms with Gasteiger partial charge in [0.25, 0.3) is 0 Å². The molecule has 5 heteroatoms. The maximum Gasteiger partial charge on any atom is 0.123 e. The van der Waals surface area contributed by atoms with Crippen LogP contribution < -0.4 is 10.5 Å². The van der Waals surface area contributed by atoms with Crippen LogP contribution >= 0.6 is 11.6 Å². The van der Waals surface area contributed by atoms with Crippen LogP contribution in [0, 0.1) is 0 Å². The Labute approximate surface area is 105 Å². The van der Waals surface area contributed by atoms with E-state index < -0.39 is 0 Å². The van der Waals surface area contributed by atoms with Gasteiger partial charge in [-0.2, -0.15) is 5.10 Å². The van der Waals surface area contributed by atoms with Crippen molar-refractivity contribution in [3.8, 4) is 5.75 Å². The third-order valence-corrected chi connectivity index (χ3v) is 2.71. The predicted molar refractivity (Wildman–Crippen MR) is 67.2 cm³/mol. The third kappa shape index (κ3) is 2.78. The van der Waals surface area contributed by atoms with Crippen molar-refractivity contribution < 1.29 is 4.74 Å². The summed E-state index contributed by atoms with van der Waals surface area (Å²) in [5, 5.41) is 4.76. The van der Waals surface area contributed by atoms with E-state index in [1.54, 1.807) is 24.2 Å². The van der Waals surface area contributed by atoms with E-state index in [9.17, 15) is 0 Å². The zero-order valence-corrected chi connectivity index (χ0v) is 10.3. The Bertz CT molecular complexity index is 510. The van der Waals surface area contributed by atoms with E-state index in [1.165, 1.54) is 0 Å². The van der Waals surface area contributed by atoms with Crippen molar-refractivity contribution in [3.05, 3.63) is 46.7 Å². The van der Waals surface area contributed by atoms with Crippen molar-refractivity contribution in [3.63, 3.8) is 0 Å². The quantitative estimate of drug-likeness (QED) is 0.905. The first-order chi connectivity index (χ1) is 8.22. The van der Waals surface area contributed by atoms with Crippen LogP contribution in [-0.2, 0) is 13.1 Å². The Morgan fingerprint density at radius 3 is 2.88 bits per heavy atom. The van der Waals surface area contributed by atoms with Gasteiger partial charge in [0.2, 0.25) is 0 Å². The Hall–Kier alpha value is -1.52. The molecule has 4 nitrogen and oxygen atoms in total. The molecule has 0 bridgehead atoms. The van der Waals surface area contributed by atoms with E-state index >= 15 is 0 Å². The van der Waals surface area contributed by atoms with Crippen LogP contribution in [0.1, 0.15) is 11.1 Å². The second kappa shape index (κ2) is 5.21. The van der Waals surface area contributed by atoms with Crippen LogP contribution in [0.5, 0.6) is 5.75 Å². The van der Waals surface area contributed by atoms with Gasteiger partial charge in [-0.25, -0.2) is 0 Å². The van der Waals surface area contributed by atoms with Crippen molar-refractivity contribution in [2.45, 2.75) is 13.1 Å². The minimum atomic E-state index is 0.469. The van der Waals surface area contributed by atoms with Crippen LogP contribution in [0.3, 0.4) is 0 Å². The normalized spacial score (nSPS) is 10.5. The molecule has 0 aliphatic heterocycles. The number of halogens is 1. The highest BCUT2D eigenvalue weighted by atomic mass is 35.5. The van der Waals surface area contributed by atoms with Gasteiger partial charge < -0.3 is 10.5 Å². The van der Waals surface area contributed by atoms with Gasteiger partial charge in [0.05, 0.1) is 24.9 Å². The molecule has 0 aliphatic rings. The summed E-state index contributed by atoms with van der Waals surface area (Å²) >= 11 is 5.81. The lowest BCUT2D eigenvalue weighted by atomic mass is 10.1. The summed E-state index contributed by atoms with van der Waals surface area (Å²) < 4.78 is 7.06. The highest BCUT2D eigenvalue weighted by Gasteiger charge is 2.04. The molecule has 1 heterocycles. The molecular weight excluding hydrogens is 238 g/mol. The fourth-order valence-electron chi connectivity index (χ4n) is 1.67. The van der Waals surface area contributed by atoms with Crippen molar-refractivity contribution in [1.82, 2.24) is 9.78 Å². The van der Waals surface area contributed by atoms with E-state index in [-0.39, 0.29) is 0 Å². The maximum atomic E-state index is 5.81. The van der Waals surface area contributed by atoms with Gasteiger partial charge in [0.1, 0.15) is 5.75 Å². The molecule has 1 aromatic carbocycles. The summed E-state index contributed by atoms with van der Waals surface area (Å²) in [5.41, 5.74) is 7.71. The first kappa shape index (κ1) is 12.0. The molecule has 0 radical (unpaired) electrons. The predicted octanol–water partition coefficient (Wildman–Crippen LogP) is 2.05. The molecule has 2 aromatic rings. The topological polar surface area (TPSA) is 53.1 Å². The first-order valence-corrected chi connectivity index (χ1v) is 5.64. The molecule has 0 aliphatic carbocycles. The average molecular weight is 252 g/mol. The molecule has 2 N–H and O–H groups in total. The summed E-state index contributed by atoms with van der Waals surface area (Å²) in [6, 6.07) is 5.96. The number of hydrogen-bond donors (Lipinski definition) is 1. The summed E-state index contributed by atoms with van der Waals surface area (Å²) in [5.74, 6) is 0.809. The van der Waals surface area contributed by atoms with Crippen molar-refractivity contribution >= 4 is 11.6 Å². The fraction of sp³-hybridized carbons (Fsp3) is 0.250. The van der Waals surface area contributed by atoms with Crippen LogP contribution in [-0.4, -0.2) is 16.9 Å². The van der Waals surface area contributed by atoms with Crippen LogP contribution in [0.4, 0.5) is 0 Å². The summed E-state index contributed by atoms with van der Waals surface area (Å²) in [6.45, 7) is 1.13. The molecular formula is C12H14ClN3O.